The number of halogens is 3. The minimum Gasteiger partial charge on any atom is -0.495 e. The smallest absolute Gasteiger partial charge is 0.471 e. The van der Waals surface area contributed by atoms with Crippen LogP contribution in [0.25, 0.3) is 6.08 Å². The molecular formula is C12H10F3NO4. The van der Waals surface area contributed by atoms with Crippen LogP contribution in [0.5, 0.6) is 5.75 Å². The molecular weight excluding hydrogens is 279 g/mol. The van der Waals surface area contributed by atoms with Crippen molar-refractivity contribution >= 4 is 23.6 Å². The lowest BCUT2D eigenvalue weighted by Gasteiger charge is -2.12. The van der Waals surface area contributed by atoms with Gasteiger partial charge in [-0.15, -0.1) is 0 Å². The van der Waals surface area contributed by atoms with Gasteiger partial charge in [0.05, 0.1) is 12.8 Å². The van der Waals surface area contributed by atoms with Gasteiger partial charge in [0.15, 0.2) is 0 Å². The molecule has 0 radical (unpaired) electrons. The normalized spacial score (nSPS) is 11.4. The van der Waals surface area contributed by atoms with Gasteiger partial charge in [0.25, 0.3) is 0 Å². The monoisotopic (exact) mass is 289 g/mol. The highest BCUT2D eigenvalue weighted by molar-refractivity contribution is 5.96. The molecule has 0 aromatic heterocycles. The van der Waals surface area contributed by atoms with Crippen molar-refractivity contribution in [1.29, 1.82) is 0 Å². The van der Waals surface area contributed by atoms with Crippen molar-refractivity contribution in [2.24, 2.45) is 0 Å². The second kappa shape index (κ2) is 6.09. The summed E-state index contributed by atoms with van der Waals surface area (Å²) in [4.78, 5) is 21.2. The molecule has 0 aliphatic carbocycles. The van der Waals surface area contributed by atoms with E-state index in [1.807, 2.05) is 0 Å². The van der Waals surface area contributed by atoms with Crippen LogP contribution in [0.1, 0.15) is 5.56 Å². The van der Waals surface area contributed by atoms with E-state index >= 15 is 0 Å². The Balaban J connectivity index is 3.00. The Morgan fingerprint density at radius 2 is 2.00 bits per heavy atom. The number of aliphatic carboxylic acids is 1. The summed E-state index contributed by atoms with van der Waals surface area (Å²) in [5.74, 6) is -3.31. The predicted octanol–water partition coefficient (Wildman–Crippen LogP) is 2.29. The molecule has 0 bridgehead atoms. The third-order valence-corrected chi connectivity index (χ3v) is 2.15. The first-order valence-electron chi connectivity index (χ1n) is 5.21. The van der Waals surface area contributed by atoms with Crippen molar-refractivity contribution in [2.75, 3.05) is 12.4 Å². The number of carboxylic acid groups (broad SMARTS) is 1. The Hall–Kier alpha value is -2.51. The topological polar surface area (TPSA) is 75.6 Å². The Kier molecular flexibility index (Phi) is 4.73. The molecule has 0 saturated heterocycles. The van der Waals surface area contributed by atoms with Crippen molar-refractivity contribution in [3.63, 3.8) is 0 Å². The summed E-state index contributed by atoms with van der Waals surface area (Å²) in [5.41, 5.74) is 0.233. The summed E-state index contributed by atoms with van der Waals surface area (Å²) in [7, 11) is 1.21. The molecule has 1 amide bonds. The lowest BCUT2D eigenvalue weighted by Crippen LogP contribution is -2.30. The Bertz CT molecular complexity index is 552. The highest BCUT2D eigenvalue weighted by Crippen LogP contribution is 2.28. The van der Waals surface area contributed by atoms with Crippen LogP contribution in [-0.2, 0) is 9.59 Å². The zero-order valence-corrected chi connectivity index (χ0v) is 10.2. The number of carboxylic acids is 1. The number of anilines is 1. The first kappa shape index (κ1) is 15.5. The van der Waals surface area contributed by atoms with Gasteiger partial charge in [-0.3, -0.25) is 4.79 Å². The van der Waals surface area contributed by atoms with Crippen molar-refractivity contribution in [3.05, 3.63) is 29.8 Å². The number of ether oxygens (including phenoxy) is 1. The van der Waals surface area contributed by atoms with Gasteiger partial charge in [0.1, 0.15) is 5.75 Å². The molecule has 5 nitrogen and oxygen atoms in total. The highest BCUT2D eigenvalue weighted by atomic mass is 19.4. The van der Waals surface area contributed by atoms with E-state index in [0.29, 0.717) is 5.56 Å². The van der Waals surface area contributed by atoms with E-state index in [2.05, 4.69) is 0 Å². The number of hydrogen-bond acceptors (Lipinski definition) is 3. The maximum absolute atomic E-state index is 12.1. The average Bonchev–Trinajstić information content (AvgIpc) is 2.36. The number of nitrogens with one attached hydrogen (secondary N) is 1. The van der Waals surface area contributed by atoms with Crippen LogP contribution in [0.3, 0.4) is 0 Å². The van der Waals surface area contributed by atoms with E-state index in [1.54, 1.807) is 5.32 Å². The standard InChI is InChI=1S/C12H10F3NO4/c1-20-9-6-7(3-5-10(17)18)2-4-8(9)16-11(19)12(13,14)15/h2-6H,1H3,(H,16,19)(H,17,18)/b5-3+. The van der Waals surface area contributed by atoms with E-state index in [1.165, 1.54) is 31.4 Å². The molecule has 0 aliphatic heterocycles. The quantitative estimate of drug-likeness (QED) is 0.834. The number of alkyl halides is 3. The molecule has 0 fully saturated rings. The minimum absolute atomic E-state index is 0.0184. The summed E-state index contributed by atoms with van der Waals surface area (Å²) < 4.78 is 41.2. The summed E-state index contributed by atoms with van der Waals surface area (Å²) >= 11 is 0. The van der Waals surface area contributed by atoms with E-state index in [0.717, 1.165) is 6.08 Å². The SMILES string of the molecule is COc1cc(/C=C/C(=O)O)ccc1NC(=O)C(F)(F)F. The predicted molar refractivity (Wildman–Crippen MR) is 64.3 cm³/mol. The van der Waals surface area contributed by atoms with Crippen molar-refractivity contribution in [1.82, 2.24) is 0 Å². The van der Waals surface area contributed by atoms with Crippen LogP contribution < -0.4 is 10.1 Å². The van der Waals surface area contributed by atoms with Gasteiger partial charge in [-0.25, -0.2) is 4.79 Å². The molecule has 1 rings (SSSR count). The molecule has 0 unspecified atom stereocenters. The summed E-state index contributed by atoms with van der Waals surface area (Å²) in [6.07, 6.45) is -2.91. The first-order valence-corrected chi connectivity index (χ1v) is 5.21. The van der Waals surface area contributed by atoms with Gasteiger partial charge in [0, 0.05) is 6.08 Å². The molecule has 0 spiro atoms. The van der Waals surface area contributed by atoms with Crippen molar-refractivity contribution in [2.45, 2.75) is 6.18 Å². The Morgan fingerprint density at radius 1 is 1.35 bits per heavy atom. The molecule has 1 aromatic rings. The molecule has 0 aliphatic rings. The van der Waals surface area contributed by atoms with Crippen LogP contribution in [0.2, 0.25) is 0 Å². The fraction of sp³-hybridized carbons (Fsp3) is 0.167. The number of carbonyl (C=O) groups excluding carboxylic acids is 1. The van der Waals surface area contributed by atoms with Crippen molar-refractivity contribution < 1.29 is 32.6 Å². The highest BCUT2D eigenvalue weighted by Gasteiger charge is 2.39. The van der Waals surface area contributed by atoms with Crippen LogP contribution in [0.4, 0.5) is 18.9 Å². The molecule has 20 heavy (non-hydrogen) atoms. The van der Waals surface area contributed by atoms with E-state index in [4.69, 9.17) is 9.84 Å². The minimum atomic E-state index is -5.01. The molecule has 108 valence electrons. The number of benzene rings is 1. The number of methoxy groups -OCH3 is 1. The van der Waals surface area contributed by atoms with Crippen LogP contribution in [0, 0.1) is 0 Å². The molecule has 0 heterocycles. The van der Waals surface area contributed by atoms with Crippen LogP contribution in [0.15, 0.2) is 24.3 Å². The van der Waals surface area contributed by atoms with E-state index < -0.39 is 18.1 Å². The lowest BCUT2D eigenvalue weighted by atomic mass is 10.1. The molecule has 2 N–H and O–H groups in total. The summed E-state index contributed by atoms with van der Waals surface area (Å²) in [6, 6.07) is 3.82. The van der Waals surface area contributed by atoms with Crippen LogP contribution >= 0.6 is 0 Å². The average molecular weight is 289 g/mol. The van der Waals surface area contributed by atoms with Gasteiger partial charge in [-0.05, 0) is 23.8 Å². The van der Waals surface area contributed by atoms with E-state index in [9.17, 15) is 22.8 Å². The number of amides is 1. The lowest BCUT2D eigenvalue weighted by molar-refractivity contribution is -0.167. The van der Waals surface area contributed by atoms with Gasteiger partial charge >= 0.3 is 18.1 Å². The maximum Gasteiger partial charge on any atom is 0.471 e. The number of hydrogen-bond donors (Lipinski definition) is 2. The third kappa shape index (κ3) is 4.30. The third-order valence-electron chi connectivity index (χ3n) is 2.15. The van der Waals surface area contributed by atoms with Crippen molar-refractivity contribution in [3.8, 4) is 5.75 Å². The fourth-order valence-electron chi connectivity index (χ4n) is 1.28. The second-order valence-electron chi connectivity index (χ2n) is 3.58. The fourth-order valence-corrected chi connectivity index (χ4v) is 1.28. The Morgan fingerprint density at radius 3 is 2.50 bits per heavy atom. The Labute approximate surface area is 111 Å². The van der Waals surface area contributed by atoms with Gasteiger partial charge in [0.2, 0.25) is 0 Å². The second-order valence-corrected chi connectivity index (χ2v) is 3.58. The van der Waals surface area contributed by atoms with E-state index in [-0.39, 0.29) is 11.4 Å². The molecule has 0 atom stereocenters. The maximum atomic E-state index is 12.1. The molecule has 0 saturated carbocycles. The summed E-state index contributed by atoms with van der Waals surface area (Å²) in [6.45, 7) is 0. The zero-order valence-electron chi connectivity index (χ0n) is 10.2. The van der Waals surface area contributed by atoms with Crippen LogP contribution in [-0.4, -0.2) is 30.3 Å². The zero-order chi connectivity index (χ0) is 15.3. The summed E-state index contributed by atoms with van der Waals surface area (Å²) in [5, 5.41) is 10.1. The van der Waals surface area contributed by atoms with Gasteiger partial charge < -0.3 is 15.2 Å². The van der Waals surface area contributed by atoms with Gasteiger partial charge in [-0.2, -0.15) is 13.2 Å². The molecule has 1 aromatic carbocycles. The number of rotatable bonds is 4. The largest absolute Gasteiger partial charge is 0.495 e. The van der Waals surface area contributed by atoms with Gasteiger partial charge in [-0.1, -0.05) is 6.07 Å². The molecule has 8 heteroatoms. The first-order chi connectivity index (χ1) is 9.24. The number of carbonyl (C=O) groups is 2.